The maximum atomic E-state index is 13.1. The Kier molecular flexibility index (Phi) is 5.20. The maximum absolute atomic E-state index is 13.1. The van der Waals surface area contributed by atoms with Crippen molar-refractivity contribution in [2.75, 3.05) is 16.8 Å². The average molecular weight is 383 g/mol. The summed E-state index contributed by atoms with van der Waals surface area (Å²) in [7, 11) is 0. The second-order valence-electron chi connectivity index (χ2n) is 6.93. The number of para-hydroxylation sites is 3. The number of benzene rings is 3. The summed E-state index contributed by atoms with van der Waals surface area (Å²) >= 11 is 0. The normalized spacial score (nSPS) is 13.3. The van der Waals surface area contributed by atoms with Crippen LogP contribution in [0.15, 0.2) is 83.9 Å². The molecule has 2 amide bonds. The van der Waals surface area contributed by atoms with Crippen LogP contribution in [-0.2, 0) is 9.59 Å². The number of hydrogen-bond donors (Lipinski definition) is 1. The van der Waals surface area contributed by atoms with Crippen LogP contribution < -0.4 is 10.2 Å². The molecule has 0 aliphatic carbocycles. The van der Waals surface area contributed by atoms with E-state index in [4.69, 9.17) is 4.99 Å². The zero-order chi connectivity index (χ0) is 20.2. The largest absolute Gasteiger partial charge is 0.324 e. The van der Waals surface area contributed by atoms with Gasteiger partial charge in [-0.15, -0.1) is 0 Å². The number of anilines is 2. The first kappa shape index (κ1) is 18.6. The highest BCUT2D eigenvalue weighted by Crippen LogP contribution is 2.32. The second-order valence-corrected chi connectivity index (χ2v) is 6.93. The highest BCUT2D eigenvalue weighted by Gasteiger charge is 2.26. The fraction of sp³-hybridized carbons (Fsp3) is 0.125. The van der Waals surface area contributed by atoms with Crippen molar-refractivity contribution < 1.29 is 9.59 Å². The van der Waals surface area contributed by atoms with Gasteiger partial charge in [-0.05, 0) is 36.2 Å². The highest BCUT2D eigenvalue weighted by atomic mass is 16.2. The summed E-state index contributed by atoms with van der Waals surface area (Å²) in [6, 6.07) is 24.6. The Balaban J connectivity index is 1.62. The molecular weight excluding hydrogens is 362 g/mol. The molecule has 4 rings (SSSR count). The number of nitrogens with one attached hydrogen (secondary N) is 1. The van der Waals surface area contributed by atoms with Gasteiger partial charge in [0.05, 0.1) is 23.5 Å². The number of fused-ring (bicyclic) bond motifs is 1. The van der Waals surface area contributed by atoms with Crippen LogP contribution in [0.25, 0.3) is 0 Å². The first-order valence-electron chi connectivity index (χ1n) is 9.49. The topological polar surface area (TPSA) is 61.8 Å². The third-order valence-electron chi connectivity index (χ3n) is 4.88. The number of aliphatic imine (C=N–C) groups is 1. The van der Waals surface area contributed by atoms with Crippen molar-refractivity contribution in [1.82, 2.24) is 0 Å². The predicted octanol–water partition coefficient (Wildman–Crippen LogP) is 4.49. The lowest BCUT2D eigenvalue weighted by Gasteiger charge is -2.22. The lowest BCUT2D eigenvalue weighted by Crippen LogP contribution is -2.38. The molecule has 0 atom stereocenters. The number of carbonyl (C=O) groups is 2. The van der Waals surface area contributed by atoms with Gasteiger partial charge in [-0.2, -0.15) is 0 Å². The lowest BCUT2D eigenvalue weighted by molar-refractivity contribution is -0.120. The smallest absolute Gasteiger partial charge is 0.244 e. The number of rotatable bonds is 4. The summed E-state index contributed by atoms with van der Waals surface area (Å²) in [5.74, 6) is -0.400. The summed E-state index contributed by atoms with van der Waals surface area (Å²) in [4.78, 5) is 32.0. The number of aryl methyl sites for hydroxylation is 1. The van der Waals surface area contributed by atoms with Gasteiger partial charge in [-0.3, -0.25) is 14.6 Å². The lowest BCUT2D eigenvalue weighted by atomic mass is 10.1. The van der Waals surface area contributed by atoms with E-state index in [0.717, 1.165) is 16.8 Å². The molecule has 0 unspecified atom stereocenters. The summed E-state index contributed by atoms with van der Waals surface area (Å²) in [5, 5.41) is 2.90. The van der Waals surface area contributed by atoms with E-state index in [2.05, 4.69) is 5.32 Å². The standard InChI is InChI=1S/C24H21N3O2/c1-17-9-5-6-12-19(17)26-23(28)16-27-22-14-8-7-13-20(22)25-21(15-24(27)29)18-10-3-2-4-11-18/h2-14H,15-16H2,1H3,(H,26,28). The van der Waals surface area contributed by atoms with Gasteiger partial charge < -0.3 is 10.2 Å². The van der Waals surface area contributed by atoms with Gasteiger partial charge in [-0.25, -0.2) is 0 Å². The van der Waals surface area contributed by atoms with Gasteiger partial charge in [0.25, 0.3) is 0 Å². The van der Waals surface area contributed by atoms with Crippen LogP contribution in [0.2, 0.25) is 0 Å². The van der Waals surface area contributed by atoms with E-state index in [9.17, 15) is 9.59 Å². The van der Waals surface area contributed by atoms with E-state index in [1.165, 1.54) is 4.90 Å². The van der Waals surface area contributed by atoms with Crippen molar-refractivity contribution in [2.45, 2.75) is 13.3 Å². The van der Waals surface area contributed by atoms with Crippen LogP contribution in [0.5, 0.6) is 0 Å². The summed E-state index contributed by atoms with van der Waals surface area (Å²) in [6.45, 7) is 1.86. The van der Waals surface area contributed by atoms with Crippen molar-refractivity contribution in [1.29, 1.82) is 0 Å². The summed E-state index contributed by atoms with van der Waals surface area (Å²) in [5.41, 5.74) is 4.64. The molecule has 29 heavy (non-hydrogen) atoms. The van der Waals surface area contributed by atoms with Gasteiger partial charge in [-0.1, -0.05) is 60.7 Å². The molecule has 0 fully saturated rings. The molecule has 144 valence electrons. The van der Waals surface area contributed by atoms with Crippen LogP contribution in [-0.4, -0.2) is 24.1 Å². The highest BCUT2D eigenvalue weighted by molar-refractivity contribution is 6.19. The van der Waals surface area contributed by atoms with Gasteiger partial charge in [0.1, 0.15) is 6.54 Å². The van der Waals surface area contributed by atoms with Gasteiger partial charge in [0, 0.05) is 5.69 Å². The van der Waals surface area contributed by atoms with Crippen molar-refractivity contribution >= 4 is 34.6 Å². The molecule has 1 aliphatic rings. The van der Waals surface area contributed by atoms with E-state index in [-0.39, 0.29) is 24.8 Å². The predicted molar refractivity (Wildman–Crippen MR) is 116 cm³/mol. The van der Waals surface area contributed by atoms with Crippen molar-refractivity contribution in [3.8, 4) is 0 Å². The van der Waals surface area contributed by atoms with Gasteiger partial charge in [0.2, 0.25) is 11.8 Å². The molecule has 0 radical (unpaired) electrons. The first-order chi connectivity index (χ1) is 14.1. The molecule has 0 saturated heterocycles. The maximum Gasteiger partial charge on any atom is 0.244 e. The quantitative estimate of drug-likeness (QED) is 0.721. The molecule has 0 spiro atoms. The van der Waals surface area contributed by atoms with E-state index in [1.807, 2.05) is 85.8 Å². The van der Waals surface area contributed by atoms with E-state index < -0.39 is 0 Å². The summed E-state index contributed by atoms with van der Waals surface area (Å²) < 4.78 is 0. The van der Waals surface area contributed by atoms with E-state index in [0.29, 0.717) is 17.1 Å². The van der Waals surface area contributed by atoms with Gasteiger partial charge in [0.15, 0.2) is 0 Å². The van der Waals surface area contributed by atoms with Crippen LogP contribution in [0, 0.1) is 6.92 Å². The Morgan fingerprint density at radius 1 is 0.966 bits per heavy atom. The molecule has 5 heteroatoms. The molecular formula is C24H21N3O2. The second kappa shape index (κ2) is 8.10. The molecule has 1 N–H and O–H groups in total. The minimum absolute atomic E-state index is 0.0677. The van der Waals surface area contributed by atoms with Crippen molar-refractivity contribution in [2.24, 2.45) is 4.99 Å². The monoisotopic (exact) mass is 383 g/mol. The third kappa shape index (κ3) is 4.09. The molecule has 1 aliphatic heterocycles. The molecule has 0 saturated carbocycles. The first-order valence-corrected chi connectivity index (χ1v) is 9.49. The van der Waals surface area contributed by atoms with Crippen LogP contribution in [0.1, 0.15) is 17.5 Å². The van der Waals surface area contributed by atoms with E-state index >= 15 is 0 Å². The van der Waals surface area contributed by atoms with Crippen molar-refractivity contribution in [3.63, 3.8) is 0 Å². The number of hydrogen-bond acceptors (Lipinski definition) is 3. The fourth-order valence-electron chi connectivity index (χ4n) is 3.36. The van der Waals surface area contributed by atoms with Crippen LogP contribution in [0.4, 0.5) is 17.1 Å². The Morgan fingerprint density at radius 3 is 2.45 bits per heavy atom. The third-order valence-corrected chi connectivity index (χ3v) is 4.88. The molecule has 3 aromatic rings. The average Bonchev–Trinajstić information content (AvgIpc) is 2.87. The van der Waals surface area contributed by atoms with Gasteiger partial charge >= 0.3 is 0 Å². The fourth-order valence-corrected chi connectivity index (χ4v) is 3.36. The minimum atomic E-state index is -0.245. The Bertz CT molecular complexity index is 1090. The zero-order valence-electron chi connectivity index (χ0n) is 16.1. The molecule has 5 nitrogen and oxygen atoms in total. The van der Waals surface area contributed by atoms with Crippen LogP contribution in [0.3, 0.4) is 0 Å². The molecule has 1 heterocycles. The van der Waals surface area contributed by atoms with Crippen LogP contribution >= 0.6 is 0 Å². The number of carbonyl (C=O) groups excluding carboxylic acids is 2. The Hall–Kier alpha value is -3.73. The Labute approximate surface area is 169 Å². The SMILES string of the molecule is Cc1ccccc1NC(=O)CN1C(=O)CC(c2ccccc2)=Nc2ccccc21. The molecule has 3 aromatic carbocycles. The Morgan fingerprint density at radius 2 is 1.66 bits per heavy atom. The molecule has 0 bridgehead atoms. The summed E-state index contributed by atoms with van der Waals surface area (Å²) in [6.07, 6.45) is 0.135. The number of amides is 2. The van der Waals surface area contributed by atoms with Crippen molar-refractivity contribution in [3.05, 3.63) is 90.0 Å². The minimum Gasteiger partial charge on any atom is -0.324 e. The molecule has 0 aromatic heterocycles. The van der Waals surface area contributed by atoms with E-state index in [1.54, 1.807) is 0 Å². The number of nitrogens with zero attached hydrogens (tertiary/aromatic N) is 2. The zero-order valence-corrected chi connectivity index (χ0v) is 16.1.